The molecule has 0 atom stereocenters. The number of nitrogens with zero attached hydrogens (tertiary/aromatic N) is 2. The van der Waals surface area contributed by atoms with Crippen molar-refractivity contribution >= 4 is 11.0 Å². The molecule has 0 radical (unpaired) electrons. The maximum Gasteiger partial charge on any atom is 0.130 e. The van der Waals surface area contributed by atoms with Gasteiger partial charge in [-0.05, 0) is 44.2 Å². The van der Waals surface area contributed by atoms with Gasteiger partial charge in [-0.1, -0.05) is 12.1 Å². The number of para-hydroxylation sites is 2. The molecular weight excluding hydrogens is 210 g/mol. The first kappa shape index (κ1) is 9.66. The normalized spacial score (nSPS) is 22.6. The van der Waals surface area contributed by atoms with Gasteiger partial charge in [-0.25, -0.2) is 4.98 Å². The standard InChI is InChI=1S/C14H17N3/c15-14(8-3-9-14)13-16-11-4-1-2-5-12(11)17(13)10-6-7-10/h1-2,4-5,10H,3,6-9,15H2. The van der Waals surface area contributed by atoms with Crippen molar-refractivity contribution < 1.29 is 0 Å². The highest BCUT2D eigenvalue weighted by Gasteiger charge is 2.41. The first-order valence-corrected chi connectivity index (χ1v) is 6.54. The lowest BCUT2D eigenvalue weighted by atomic mass is 9.77. The fourth-order valence-electron chi connectivity index (χ4n) is 2.88. The van der Waals surface area contributed by atoms with E-state index in [1.807, 2.05) is 0 Å². The molecule has 1 heterocycles. The second kappa shape index (κ2) is 3.10. The van der Waals surface area contributed by atoms with Gasteiger partial charge in [-0.15, -0.1) is 0 Å². The Morgan fingerprint density at radius 2 is 2.00 bits per heavy atom. The van der Waals surface area contributed by atoms with E-state index < -0.39 is 0 Å². The van der Waals surface area contributed by atoms with Crippen LogP contribution in [0.1, 0.15) is 44.0 Å². The maximum absolute atomic E-state index is 6.47. The molecule has 0 unspecified atom stereocenters. The van der Waals surface area contributed by atoms with E-state index in [1.54, 1.807) is 0 Å². The Hall–Kier alpha value is -1.35. The van der Waals surface area contributed by atoms with Gasteiger partial charge in [-0.3, -0.25) is 0 Å². The number of fused-ring (bicyclic) bond motifs is 1. The minimum absolute atomic E-state index is 0.151. The smallest absolute Gasteiger partial charge is 0.130 e. The summed E-state index contributed by atoms with van der Waals surface area (Å²) < 4.78 is 2.41. The monoisotopic (exact) mass is 227 g/mol. The van der Waals surface area contributed by atoms with Crippen molar-refractivity contribution in [2.75, 3.05) is 0 Å². The summed E-state index contributed by atoms with van der Waals surface area (Å²) in [5.74, 6) is 1.13. The largest absolute Gasteiger partial charge is 0.323 e. The van der Waals surface area contributed by atoms with Crippen LogP contribution in [0.3, 0.4) is 0 Å². The second-order valence-electron chi connectivity index (χ2n) is 5.53. The highest BCUT2D eigenvalue weighted by Crippen LogP contribution is 2.45. The summed E-state index contributed by atoms with van der Waals surface area (Å²) in [6.45, 7) is 0. The van der Waals surface area contributed by atoms with Crippen LogP contribution < -0.4 is 5.73 Å². The minimum Gasteiger partial charge on any atom is -0.323 e. The zero-order chi connectivity index (χ0) is 11.5. The van der Waals surface area contributed by atoms with Gasteiger partial charge in [0.2, 0.25) is 0 Å². The van der Waals surface area contributed by atoms with Crippen LogP contribution in [0.4, 0.5) is 0 Å². The first-order chi connectivity index (χ1) is 8.28. The summed E-state index contributed by atoms with van der Waals surface area (Å²) in [5, 5.41) is 0. The molecule has 3 nitrogen and oxygen atoms in total. The van der Waals surface area contributed by atoms with E-state index in [9.17, 15) is 0 Å². The predicted octanol–water partition coefficient (Wildman–Crippen LogP) is 2.71. The summed E-state index contributed by atoms with van der Waals surface area (Å²) in [6.07, 6.45) is 5.98. The number of nitrogens with two attached hydrogens (primary N) is 1. The summed E-state index contributed by atoms with van der Waals surface area (Å²) in [5.41, 5.74) is 8.69. The van der Waals surface area contributed by atoms with Gasteiger partial charge in [0.05, 0.1) is 16.6 Å². The third-order valence-corrected chi connectivity index (χ3v) is 4.20. The van der Waals surface area contributed by atoms with Gasteiger partial charge in [-0.2, -0.15) is 0 Å². The maximum atomic E-state index is 6.47. The lowest BCUT2D eigenvalue weighted by Crippen LogP contribution is -2.45. The summed E-state index contributed by atoms with van der Waals surface area (Å²) in [7, 11) is 0. The summed E-state index contributed by atoms with van der Waals surface area (Å²) in [4.78, 5) is 4.81. The molecule has 2 aliphatic carbocycles. The van der Waals surface area contributed by atoms with Crippen molar-refractivity contribution in [2.24, 2.45) is 5.73 Å². The van der Waals surface area contributed by atoms with Crippen LogP contribution in [-0.2, 0) is 5.54 Å². The number of hydrogen-bond donors (Lipinski definition) is 1. The molecule has 1 aromatic carbocycles. The van der Waals surface area contributed by atoms with Crippen LogP contribution >= 0.6 is 0 Å². The fourth-order valence-corrected chi connectivity index (χ4v) is 2.88. The number of benzene rings is 1. The van der Waals surface area contributed by atoms with Crippen molar-refractivity contribution in [2.45, 2.75) is 43.7 Å². The SMILES string of the molecule is NC1(c2nc3ccccc3n2C2CC2)CCC1. The Morgan fingerprint density at radius 1 is 1.24 bits per heavy atom. The third kappa shape index (κ3) is 1.29. The number of aromatic nitrogens is 2. The van der Waals surface area contributed by atoms with Crippen LogP contribution in [0.2, 0.25) is 0 Å². The van der Waals surface area contributed by atoms with Gasteiger partial charge >= 0.3 is 0 Å². The van der Waals surface area contributed by atoms with Crippen molar-refractivity contribution in [3.05, 3.63) is 30.1 Å². The van der Waals surface area contributed by atoms with Crippen molar-refractivity contribution in [1.29, 1.82) is 0 Å². The lowest BCUT2D eigenvalue weighted by molar-refractivity contribution is 0.231. The molecule has 4 rings (SSSR count). The van der Waals surface area contributed by atoms with Crippen molar-refractivity contribution in [3.8, 4) is 0 Å². The van der Waals surface area contributed by atoms with E-state index in [0.717, 1.165) is 24.2 Å². The highest BCUT2D eigenvalue weighted by atomic mass is 15.2. The average Bonchev–Trinajstić information content (AvgIpc) is 3.06. The Balaban J connectivity index is 1.98. The molecule has 17 heavy (non-hydrogen) atoms. The topological polar surface area (TPSA) is 43.8 Å². The molecule has 0 spiro atoms. The van der Waals surface area contributed by atoms with E-state index in [4.69, 9.17) is 10.7 Å². The Bertz CT molecular complexity index is 576. The van der Waals surface area contributed by atoms with Gasteiger partial charge in [0, 0.05) is 6.04 Å². The molecule has 0 amide bonds. The van der Waals surface area contributed by atoms with Gasteiger partial charge in [0.25, 0.3) is 0 Å². The molecule has 0 bridgehead atoms. The Labute approximate surface area is 101 Å². The molecular formula is C14H17N3. The molecule has 2 aliphatic rings. The molecule has 2 aromatic rings. The second-order valence-corrected chi connectivity index (χ2v) is 5.53. The zero-order valence-corrected chi connectivity index (χ0v) is 9.89. The van der Waals surface area contributed by atoms with E-state index in [-0.39, 0.29) is 5.54 Å². The number of rotatable bonds is 2. The van der Waals surface area contributed by atoms with Crippen LogP contribution in [0.15, 0.2) is 24.3 Å². The zero-order valence-electron chi connectivity index (χ0n) is 9.89. The van der Waals surface area contributed by atoms with Crippen LogP contribution in [0.5, 0.6) is 0 Å². The molecule has 0 aliphatic heterocycles. The first-order valence-electron chi connectivity index (χ1n) is 6.54. The van der Waals surface area contributed by atoms with E-state index in [2.05, 4.69) is 28.8 Å². The number of imidazole rings is 1. The van der Waals surface area contributed by atoms with Gasteiger partial charge in [0.1, 0.15) is 5.82 Å². The van der Waals surface area contributed by atoms with Gasteiger partial charge < -0.3 is 10.3 Å². The van der Waals surface area contributed by atoms with Gasteiger partial charge in [0.15, 0.2) is 0 Å². The van der Waals surface area contributed by atoms with Crippen molar-refractivity contribution in [3.63, 3.8) is 0 Å². The summed E-state index contributed by atoms with van der Waals surface area (Å²) in [6, 6.07) is 9.07. The number of hydrogen-bond acceptors (Lipinski definition) is 2. The quantitative estimate of drug-likeness (QED) is 0.857. The molecule has 2 saturated carbocycles. The average molecular weight is 227 g/mol. The lowest BCUT2D eigenvalue weighted by Gasteiger charge is -2.37. The molecule has 88 valence electrons. The third-order valence-electron chi connectivity index (χ3n) is 4.20. The fraction of sp³-hybridized carbons (Fsp3) is 0.500. The predicted molar refractivity (Wildman–Crippen MR) is 67.7 cm³/mol. The highest BCUT2D eigenvalue weighted by molar-refractivity contribution is 5.76. The molecule has 2 fully saturated rings. The van der Waals surface area contributed by atoms with E-state index in [0.29, 0.717) is 6.04 Å². The van der Waals surface area contributed by atoms with E-state index >= 15 is 0 Å². The van der Waals surface area contributed by atoms with E-state index in [1.165, 1.54) is 24.8 Å². The Kier molecular flexibility index (Phi) is 1.76. The van der Waals surface area contributed by atoms with Crippen LogP contribution in [0.25, 0.3) is 11.0 Å². The molecule has 2 N–H and O–H groups in total. The molecule has 1 aromatic heterocycles. The van der Waals surface area contributed by atoms with Crippen LogP contribution in [-0.4, -0.2) is 9.55 Å². The minimum atomic E-state index is -0.151. The summed E-state index contributed by atoms with van der Waals surface area (Å²) >= 11 is 0. The molecule has 0 saturated heterocycles. The molecule has 3 heteroatoms. The van der Waals surface area contributed by atoms with Crippen LogP contribution in [0, 0.1) is 0 Å². The van der Waals surface area contributed by atoms with Crippen molar-refractivity contribution in [1.82, 2.24) is 9.55 Å². The Morgan fingerprint density at radius 3 is 2.65 bits per heavy atom.